The third kappa shape index (κ3) is 5.70. The van der Waals surface area contributed by atoms with Crippen molar-refractivity contribution in [2.45, 2.75) is 40.2 Å². The number of carboxylic acids is 1. The number of rotatable bonds is 2. The highest BCUT2D eigenvalue weighted by atomic mass is 16.4. The number of carbonyl (C=O) groups is 3. The van der Waals surface area contributed by atoms with E-state index in [2.05, 4.69) is 10.6 Å². The van der Waals surface area contributed by atoms with Crippen LogP contribution in [0.5, 0.6) is 0 Å². The van der Waals surface area contributed by atoms with E-state index < -0.39 is 23.4 Å². The molecule has 96 valence electrons. The Bertz CT molecular complexity index is 377. The van der Waals surface area contributed by atoms with Gasteiger partial charge in [0.25, 0.3) is 5.91 Å². The maximum Gasteiger partial charge on any atom is 0.331 e. The van der Waals surface area contributed by atoms with Gasteiger partial charge in [-0.1, -0.05) is 0 Å². The summed E-state index contributed by atoms with van der Waals surface area (Å²) in [5.41, 5.74) is -0.559. The molecular weight excluding hydrogens is 224 g/mol. The van der Waals surface area contributed by atoms with E-state index in [1.165, 1.54) is 13.8 Å². The van der Waals surface area contributed by atoms with Gasteiger partial charge >= 0.3 is 12.0 Å². The van der Waals surface area contributed by atoms with Gasteiger partial charge in [0.2, 0.25) is 0 Å². The van der Waals surface area contributed by atoms with E-state index in [1.54, 1.807) is 20.8 Å². The number of amides is 3. The molecule has 6 nitrogen and oxygen atoms in total. The molecule has 0 bridgehead atoms. The Morgan fingerprint density at radius 1 is 1.00 bits per heavy atom. The lowest BCUT2D eigenvalue weighted by Gasteiger charge is -2.20. The van der Waals surface area contributed by atoms with E-state index >= 15 is 0 Å². The molecule has 0 aromatic heterocycles. The Labute approximate surface area is 100 Å². The van der Waals surface area contributed by atoms with Crippen molar-refractivity contribution >= 4 is 17.9 Å². The fraction of sp³-hybridized carbons (Fsp3) is 0.545. The average Bonchev–Trinajstić information content (AvgIpc) is 2.11. The summed E-state index contributed by atoms with van der Waals surface area (Å²) in [6.45, 7) is 7.95. The van der Waals surface area contributed by atoms with Gasteiger partial charge in [-0.2, -0.15) is 0 Å². The highest BCUT2D eigenvalue weighted by Gasteiger charge is 2.18. The number of imide groups is 1. The molecule has 0 spiro atoms. The third-order valence-corrected chi connectivity index (χ3v) is 1.94. The van der Waals surface area contributed by atoms with Crippen molar-refractivity contribution in [3.8, 4) is 0 Å². The van der Waals surface area contributed by atoms with E-state index in [0.717, 1.165) is 0 Å². The van der Waals surface area contributed by atoms with Crippen LogP contribution in [0, 0.1) is 0 Å². The van der Waals surface area contributed by atoms with Crippen LogP contribution in [0.2, 0.25) is 0 Å². The maximum atomic E-state index is 11.5. The Hall–Kier alpha value is -1.85. The Morgan fingerprint density at radius 2 is 1.47 bits per heavy atom. The van der Waals surface area contributed by atoms with Crippen molar-refractivity contribution in [1.82, 2.24) is 10.6 Å². The second-order valence-electron chi connectivity index (χ2n) is 4.71. The predicted molar refractivity (Wildman–Crippen MR) is 62.4 cm³/mol. The molecule has 0 aliphatic rings. The zero-order valence-corrected chi connectivity index (χ0v) is 10.7. The van der Waals surface area contributed by atoms with Crippen LogP contribution in [0.25, 0.3) is 0 Å². The minimum Gasteiger partial charge on any atom is -0.478 e. The fourth-order valence-electron chi connectivity index (χ4n) is 0.899. The molecule has 3 N–H and O–H groups in total. The van der Waals surface area contributed by atoms with Crippen molar-refractivity contribution in [1.29, 1.82) is 0 Å². The first-order valence-corrected chi connectivity index (χ1v) is 5.09. The topological polar surface area (TPSA) is 95.5 Å². The monoisotopic (exact) mass is 242 g/mol. The SMILES string of the molecule is C/C(C(=O)O)=C(\C)C(=O)NC(=O)NC(C)(C)C. The van der Waals surface area contributed by atoms with E-state index in [-0.39, 0.29) is 11.1 Å². The summed E-state index contributed by atoms with van der Waals surface area (Å²) >= 11 is 0. The van der Waals surface area contributed by atoms with Gasteiger partial charge in [-0.3, -0.25) is 10.1 Å². The molecule has 0 unspecified atom stereocenters. The molecule has 0 radical (unpaired) electrons. The largest absolute Gasteiger partial charge is 0.478 e. The molecule has 0 saturated heterocycles. The van der Waals surface area contributed by atoms with Gasteiger partial charge in [-0.05, 0) is 34.6 Å². The summed E-state index contributed by atoms with van der Waals surface area (Å²) in [5.74, 6) is -1.90. The first kappa shape index (κ1) is 15.2. The Balaban J connectivity index is 4.63. The van der Waals surface area contributed by atoms with E-state index in [4.69, 9.17) is 5.11 Å². The lowest BCUT2D eigenvalue weighted by molar-refractivity contribution is -0.133. The van der Waals surface area contributed by atoms with Crippen LogP contribution in [0.15, 0.2) is 11.1 Å². The van der Waals surface area contributed by atoms with Crippen molar-refractivity contribution in [3.05, 3.63) is 11.1 Å². The molecule has 0 aliphatic carbocycles. The van der Waals surface area contributed by atoms with Crippen LogP contribution in [-0.2, 0) is 9.59 Å². The van der Waals surface area contributed by atoms with Crippen LogP contribution in [0.3, 0.4) is 0 Å². The van der Waals surface area contributed by atoms with Gasteiger partial charge in [-0.15, -0.1) is 0 Å². The number of urea groups is 1. The number of hydrogen-bond acceptors (Lipinski definition) is 3. The smallest absolute Gasteiger partial charge is 0.331 e. The van der Waals surface area contributed by atoms with Crippen LogP contribution in [0.1, 0.15) is 34.6 Å². The molecule has 0 rings (SSSR count). The van der Waals surface area contributed by atoms with Gasteiger partial charge in [0.1, 0.15) is 0 Å². The number of carboxylic acid groups (broad SMARTS) is 1. The highest BCUT2D eigenvalue weighted by molar-refractivity contribution is 6.07. The summed E-state index contributed by atoms with van der Waals surface area (Å²) in [6.07, 6.45) is 0. The molecule has 0 fully saturated rings. The van der Waals surface area contributed by atoms with E-state index in [0.29, 0.717) is 0 Å². The molecule has 3 amide bonds. The Morgan fingerprint density at radius 3 is 1.82 bits per heavy atom. The molecule has 0 aromatic rings. The van der Waals surface area contributed by atoms with Crippen LogP contribution >= 0.6 is 0 Å². The van der Waals surface area contributed by atoms with Crippen molar-refractivity contribution in [2.24, 2.45) is 0 Å². The highest BCUT2D eigenvalue weighted by Crippen LogP contribution is 2.03. The Kier molecular flexibility index (Phi) is 4.87. The quantitative estimate of drug-likeness (QED) is 0.630. The summed E-state index contributed by atoms with van der Waals surface area (Å²) < 4.78 is 0. The zero-order chi connectivity index (χ0) is 13.8. The molecule has 0 aromatic carbocycles. The summed E-state index contributed by atoms with van der Waals surface area (Å²) in [6, 6.07) is -0.653. The number of hydrogen-bond donors (Lipinski definition) is 3. The van der Waals surface area contributed by atoms with Gasteiger partial charge in [0.15, 0.2) is 0 Å². The van der Waals surface area contributed by atoms with Gasteiger partial charge in [0, 0.05) is 16.7 Å². The predicted octanol–water partition coefficient (Wildman–Crippen LogP) is 1.03. The molecule has 17 heavy (non-hydrogen) atoms. The van der Waals surface area contributed by atoms with Crippen LogP contribution in [-0.4, -0.2) is 28.6 Å². The van der Waals surface area contributed by atoms with E-state index in [9.17, 15) is 14.4 Å². The summed E-state index contributed by atoms with van der Waals surface area (Å²) in [4.78, 5) is 33.5. The van der Waals surface area contributed by atoms with Crippen LogP contribution < -0.4 is 10.6 Å². The fourth-order valence-corrected chi connectivity index (χ4v) is 0.899. The molecule has 6 heteroatoms. The van der Waals surface area contributed by atoms with E-state index in [1.807, 2.05) is 0 Å². The van der Waals surface area contributed by atoms with Crippen molar-refractivity contribution in [2.75, 3.05) is 0 Å². The number of nitrogens with one attached hydrogen (secondary N) is 2. The third-order valence-electron chi connectivity index (χ3n) is 1.94. The molecule has 0 heterocycles. The zero-order valence-electron chi connectivity index (χ0n) is 10.7. The summed E-state index contributed by atoms with van der Waals surface area (Å²) in [5, 5.41) is 13.3. The molecule has 0 aliphatic heterocycles. The minimum atomic E-state index is -1.19. The lowest BCUT2D eigenvalue weighted by atomic mass is 10.1. The first-order chi connectivity index (χ1) is 7.54. The standard InChI is InChI=1S/C11H18N2O4/c1-6(7(2)9(15)16)8(14)12-10(17)13-11(3,4)5/h1-5H3,(H,15,16)(H2,12,13,14,17)/b7-6-. The van der Waals surface area contributed by atoms with Crippen molar-refractivity contribution in [3.63, 3.8) is 0 Å². The maximum absolute atomic E-state index is 11.5. The number of aliphatic carboxylic acids is 1. The first-order valence-electron chi connectivity index (χ1n) is 5.09. The second kappa shape index (κ2) is 5.47. The van der Waals surface area contributed by atoms with Crippen LogP contribution in [0.4, 0.5) is 4.79 Å². The molecule has 0 atom stereocenters. The van der Waals surface area contributed by atoms with Gasteiger partial charge in [0.05, 0.1) is 0 Å². The lowest BCUT2D eigenvalue weighted by Crippen LogP contribution is -2.48. The normalized spacial score (nSPS) is 12.5. The van der Waals surface area contributed by atoms with Gasteiger partial charge < -0.3 is 10.4 Å². The summed E-state index contributed by atoms with van der Waals surface area (Å²) in [7, 11) is 0. The van der Waals surface area contributed by atoms with Gasteiger partial charge in [-0.25, -0.2) is 9.59 Å². The number of carbonyl (C=O) groups excluding carboxylic acids is 2. The second-order valence-corrected chi connectivity index (χ2v) is 4.71. The molecule has 0 saturated carbocycles. The average molecular weight is 242 g/mol. The molecular formula is C11H18N2O4. The minimum absolute atomic E-state index is 0.00144. The van der Waals surface area contributed by atoms with Crippen molar-refractivity contribution < 1.29 is 19.5 Å².